The average Bonchev–Trinajstić information content (AvgIpc) is 2.69. The molecule has 0 saturated heterocycles. The molecule has 0 saturated carbocycles. The SMILES string of the molecule is CC(=O)c1ccc(CC(C(=O)Nc2ccc(I)cc2)c2ccc(O)cc2)cc1. The van der Waals surface area contributed by atoms with Gasteiger partial charge in [0.2, 0.25) is 5.91 Å². The fourth-order valence-corrected chi connectivity index (χ4v) is 3.30. The number of Topliss-reactive ketones (excluding diaryl/α,β-unsaturated/α-hetero) is 1. The Morgan fingerprint density at radius 3 is 2.11 bits per heavy atom. The van der Waals surface area contributed by atoms with E-state index in [4.69, 9.17) is 0 Å². The third-order valence-corrected chi connectivity index (χ3v) is 5.24. The van der Waals surface area contributed by atoms with Crippen molar-refractivity contribution in [1.29, 1.82) is 0 Å². The molecule has 0 aliphatic rings. The Morgan fingerprint density at radius 2 is 1.54 bits per heavy atom. The number of amides is 1. The normalized spacial score (nSPS) is 11.6. The van der Waals surface area contributed by atoms with Gasteiger partial charge in [-0.3, -0.25) is 9.59 Å². The van der Waals surface area contributed by atoms with E-state index >= 15 is 0 Å². The number of phenols is 1. The number of halogens is 1. The van der Waals surface area contributed by atoms with Gasteiger partial charge in [0.25, 0.3) is 0 Å². The first-order chi connectivity index (χ1) is 13.4. The Hall–Kier alpha value is -2.67. The van der Waals surface area contributed by atoms with Gasteiger partial charge in [0.05, 0.1) is 5.92 Å². The lowest BCUT2D eigenvalue weighted by molar-refractivity contribution is -0.117. The number of phenolic OH excluding ortho intramolecular Hbond substituents is 1. The molecule has 1 amide bonds. The highest BCUT2D eigenvalue weighted by molar-refractivity contribution is 14.1. The summed E-state index contributed by atoms with van der Waals surface area (Å²) < 4.78 is 1.09. The number of anilines is 1. The van der Waals surface area contributed by atoms with Crippen molar-refractivity contribution in [2.24, 2.45) is 0 Å². The van der Waals surface area contributed by atoms with Crippen LogP contribution in [0.5, 0.6) is 5.75 Å². The topological polar surface area (TPSA) is 66.4 Å². The molecular weight excluding hydrogens is 465 g/mol. The maximum atomic E-state index is 13.0. The van der Waals surface area contributed by atoms with Crippen molar-refractivity contribution >= 4 is 40.0 Å². The number of carbonyl (C=O) groups is 2. The molecule has 0 aliphatic heterocycles. The van der Waals surface area contributed by atoms with E-state index in [1.54, 1.807) is 36.4 Å². The monoisotopic (exact) mass is 485 g/mol. The molecule has 1 atom stereocenters. The minimum absolute atomic E-state index is 0.0121. The maximum absolute atomic E-state index is 13.0. The quantitative estimate of drug-likeness (QED) is 0.374. The third-order valence-electron chi connectivity index (χ3n) is 4.52. The fraction of sp³-hybridized carbons (Fsp3) is 0.130. The summed E-state index contributed by atoms with van der Waals surface area (Å²) in [6.45, 7) is 1.53. The number of hydrogen-bond donors (Lipinski definition) is 2. The first-order valence-electron chi connectivity index (χ1n) is 8.87. The molecule has 0 radical (unpaired) electrons. The molecule has 4 nitrogen and oxygen atoms in total. The highest BCUT2D eigenvalue weighted by Gasteiger charge is 2.21. The van der Waals surface area contributed by atoms with E-state index in [-0.39, 0.29) is 17.4 Å². The molecule has 2 N–H and O–H groups in total. The van der Waals surface area contributed by atoms with Crippen LogP contribution in [0.25, 0.3) is 0 Å². The van der Waals surface area contributed by atoms with Gasteiger partial charge in [-0.2, -0.15) is 0 Å². The van der Waals surface area contributed by atoms with E-state index < -0.39 is 5.92 Å². The van der Waals surface area contributed by atoms with Gasteiger partial charge in [0.15, 0.2) is 5.78 Å². The number of nitrogens with one attached hydrogen (secondary N) is 1. The molecule has 3 aromatic carbocycles. The summed E-state index contributed by atoms with van der Waals surface area (Å²) in [7, 11) is 0. The Bertz CT molecular complexity index is 964. The molecule has 5 heteroatoms. The number of benzene rings is 3. The van der Waals surface area contributed by atoms with Crippen LogP contribution in [0, 0.1) is 3.57 Å². The van der Waals surface area contributed by atoms with E-state index in [0.717, 1.165) is 20.4 Å². The van der Waals surface area contributed by atoms with Gasteiger partial charge < -0.3 is 10.4 Å². The van der Waals surface area contributed by atoms with Gasteiger partial charge in [-0.1, -0.05) is 36.4 Å². The van der Waals surface area contributed by atoms with Crippen LogP contribution in [0.1, 0.15) is 34.3 Å². The third kappa shape index (κ3) is 5.19. The molecule has 0 spiro atoms. The largest absolute Gasteiger partial charge is 0.508 e. The van der Waals surface area contributed by atoms with Gasteiger partial charge in [0, 0.05) is 14.8 Å². The van der Waals surface area contributed by atoms with Crippen LogP contribution in [-0.4, -0.2) is 16.8 Å². The standard InChI is InChI=1S/C23H20INO3/c1-15(26)17-4-2-16(3-5-17)14-22(18-6-12-21(27)13-7-18)23(28)25-20-10-8-19(24)9-11-20/h2-13,22,27H,14H2,1H3,(H,25,28). The molecule has 142 valence electrons. The molecular formula is C23H20INO3. The maximum Gasteiger partial charge on any atom is 0.232 e. The smallest absolute Gasteiger partial charge is 0.232 e. The molecule has 3 aromatic rings. The predicted octanol–water partition coefficient (Wildman–Crippen LogP) is 5.16. The van der Waals surface area contributed by atoms with Gasteiger partial charge in [-0.25, -0.2) is 0 Å². The Balaban J connectivity index is 1.85. The minimum Gasteiger partial charge on any atom is -0.508 e. The average molecular weight is 485 g/mol. The second kappa shape index (κ2) is 9.01. The summed E-state index contributed by atoms with van der Waals surface area (Å²) in [4.78, 5) is 24.5. The van der Waals surface area contributed by atoms with Gasteiger partial charge in [-0.15, -0.1) is 0 Å². The summed E-state index contributed by atoms with van der Waals surface area (Å²) in [6.07, 6.45) is 0.485. The molecule has 1 unspecified atom stereocenters. The van der Waals surface area contributed by atoms with Crippen molar-refractivity contribution < 1.29 is 14.7 Å². The van der Waals surface area contributed by atoms with Crippen LogP contribution < -0.4 is 5.32 Å². The zero-order chi connectivity index (χ0) is 20.1. The number of carbonyl (C=O) groups excluding carboxylic acids is 2. The Kier molecular flexibility index (Phi) is 6.46. The molecule has 0 aromatic heterocycles. The molecule has 0 fully saturated rings. The summed E-state index contributed by atoms with van der Waals surface area (Å²) in [5.41, 5.74) is 3.16. The van der Waals surface area contributed by atoms with E-state index in [1.165, 1.54) is 6.92 Å². The van der Waals surface area contributed by atoms with Crippen molar-refractivity contribution in [2.75, 3.05) is 5.32 Å². The number of rotatable bonds is 6. The second-order valence-electron chi connectivity index (χ2n) is 6.60. The van der Waals surface area contributed by atoms with Gasteiger partial charge >= 0.3 is 0 Å². The van der Waals surface area contributed by atoms with E-state index in [0.29, 0.717) is 12.0 Å². The molecule has 3 rings (SSSR count). The van der Waals surface area contributed by atoms with Crippen LogP contribution >= 0.6 is 22.6 Å². The van der Waals surface area contributed by atoms with Crippen molar-refractivity contribution in [2.45, 2.75) is 19.3 Å². The van der Waals surface area contributed by atoms with E-state index in [2.05, 4.69) is 27.9 Å². The van der Waals surface area contributed by atoms with Crippen molar-refractivity contribution in [1.82, 2.24) is 0 Å². The van der Waals surface area contributed by atoms with Crippen LogP contribution in [0.4, 0.5) is 5.69 Å². The van der Waals surface area contributed by atoms with Crippen molar-refractivity contribution in [3.05, 3.63) is 93.1 Å². The van der Waals surface area contributed by atoms with Crippen LogP contribution in [0.3, 0.4) is 0 Å². The number of hydrogen-bond acceptors (Lipinski definition) is 3. The fourth-order valence-electron chi connectivity index (χ4n) is 2.94. The second-order valence-corrected chi connectivity index (χ2v) is 7.84. The number of ketones is 1. The highest BCUT2D eigenvalue weighted by Crippen LogP contribution is 2.25. The minimum atomic E-state index is -0.428. The Morgan fingerprint density at radius 1 is 0.929 bits per heavy atom. The van der Waals surface area contributed by atoms with E-state index in [1.807, 2.05) is 36.4 Å². The van der Waals surface area contributed by atoms with E-state index in [9.17, 15) is 14.7 Å². The molecule has 28 heavy (non-hydrogen) atoms. The summed E-state index contributed by atoms with van der Waals surface area (Å²) in [5, 5.41) is 12.6. The summed E-state index contributed by atoms with van der Waals surface area (Å²) in [6, 6.07) is 21.6. The lowest BCUT2D eigenvalue weighted by atomic mass is 9.90. The van der Waals surface area contributed by atoms with Crippen LogP contribution in [0.15, 0.2) is 72.8 Å². The molecule has 0 aliphatic carbocycles. The predicted molar refractivity (Wildman–Crippen MR) is 119 cm³/mol. The first-order valence-corrected chi connectivity index (χ1v) is 9.95. The number of aromatic hydroxyl groups is 1. The molecule has 0 bridgehead atoms. The lowest BCUT2D eigenvalue weighted by Crippen LogP contribution is -2.23. The summed E-state index contributed by atoms with van der Waals surface area (Å²) in [5.74, 6) is -0.380. The van der Waals surface area contributed by atoms with Crippen molar-refractivity contribution in [3.8, 4) is 5.75 Å². The highest BCUT2D eigenvalue weighted by atomic mass is 127. The van der Waals surface area contributed by atoms with Crippen molar-refractivity contribution in [3.63, 3.8) is 0 Å². The van der Waals surface area contributed by atoms with Gasteiger partial charge in [-0.05, 0) is 83.5 Å². The lowest BCUT2D eigenvalue weighted by Gasteiger charge is -2.18. The first kappa shape index (κ1) is 20.1. The summed E-state index contributed by atoms with van der Waals surface area (Å²) >= 11 is 2.22. The zero-order valence-corrected chi connectivity index (χ0v) is 17.5. The van der Waals surface area contributed by atoms with Gasteiger partial charge in [0.1, 0.15) is 5.75 Å². The van der Waals surface area contributed by atoms with Crippen LogP contribution in [0.2, 0.25) is 0 Å². The molecule has 0 heterocycles. The Labute approximate surface area is 177 Å². The zero-order valence-electron chi connectivity index (χ0n) is 15.4. The van der Waals surface area contributed by atoms with Crippen LogP contribution in [-0.2, 0) is 11.2 Å².